The molecule has 0 spiro atoms. The summed E-state index contributed by atoms with van der Waals surface area (Å²) in [6.07, 6.45) is 0. The summed E-state index contributed by atoms with van der Waals surface area (Å²) in [5, 5.41) is 7.71. The van der Waals surface area contributed by atoms with Gasteiger partial charge in [-0.2, -0.15) is 0 Å². The van der Waals surface area contributed by atoms with E-state index in [1.54, 1.807) is 0 Å². The molecule has 6 heteroatoms. The second-order valence-electron chi connectivity index (χ2n) is 14.7. The molecule has 57 heavy (non-hydrogen) atoms. The van der Waals surface area contributed by atoms with Crippen molar-refractivity contribution in [2.45, 2.75) is 0 Å². The first-order chi connectivity index (χ1) is 28.2. The Morgan fingerprint density at radius 3 is 2.05 bits per heavy atom. The number of rotatable bonds is 4. The fraction of sp³-hybridized carbons (Fsp3) is 0. The molecule has 0 aliphatic heterocycles. The molecule has 0 radical (unpaired) electrons. The van der Waals surface area contributed by atoms with Gasteiger partial charge in [-0.05, 0) is 71.8 Å². The highest BCUT2D eigenvalue weighted by Crippen LogP contribution is 2.45. The molecule has 0 saturated carbocycles. The van der Waals surface area contributed by atoms with Crippen molar-refractivity contribution >= 4 is 82.0 Å². The van der Waals surface area contributed by atoms with E-state index in [0.717, 1.165) is 116 Å². The van der Waals surface area contributed by atoms with E-state index in [2.05, 4.69) is 114 Å². The highest BCUT2D eigenvalue weighted by atomic mass is 16.3. The Bertz CT molecular complexity index is 3760. The summed E-state index contributed by atoms with van der Waals surface area (Å²) >= 11 is 0. The number of para-hydroxylation sites is 4. The van der Waals surface area contributed by atoms with Crippen LogP contribution in [-0.4, -0.2) is 19.4 Å². The highest BCUT2D eigenvalue weighted by Gasteiger charge is 2.24. The average molecular weight is 729 g/mol. The molecule has 6 nitrogen and oxygen atoms in total. The van der Waals surface area contributed by atoms with Gasteiger partial charge in [0.1, 0.15) is 16.7 Å². The zero-order valence-corrected chi connectivity index (χ0v) is 30.3. The molecule has 8 aromatic carbocycles. The van der Waals surface area contributed by atoms with Gasteiger partial charge in [0.2, 0.25) is 5.89 Å². The maximum Gasteiger partial charge on any atom is 0.227 e. The van der Waals surface area contributed by atoms with Crippen molar-refractivity contribution in [1.82, 2.24) is 19.4 Å². The van der Waals surface area contributed by atoms with Gasteiger partial charge in [-0.1, -0.05) is 109 Å². The Labute approximate surface area is 324 Å². The third kappa shape index (κ3) is 4.32. The normalized spacial score (nSPS) is 12.2. The molecule has 0 aliphatic rings. The Morgan fingerprint density at radius 2 is 1.12 bits per heavy atom. The summed E-state index contributed by atoms with van der Waals surface area (Å²) in [5.41, 5.74) is 13.6. The van der Waals surface area contributed by atoms with Crippen molar-refractivity contribution < 1.29 is 8.83 Å². The summed E-state index contributed by atoms with van der Waals surface area (Å²) in [4.78, 5) is 15.4. The van der Waals surface area contributed by atoms with Gasteiger partial charge in [0, 0.05) is 49.0 Å². The van der Waals surface area contributed by atoms with E-state index in [-0.39, 0.29) is 0 Å². The monoisotopic (exact) mass is 728 g/mol. The van der Waals surface area contributed by atoms with Crippen LogP contribution in [0.2, 0.25) is 0 Å². The molecular weight excluding hydrogens is 701 g/mol. The first-order valence-electron chi connectivity index (χ1n) is 19.1. The van der Waals surface area contributed by atoms with Crippen molar-refractivity contribution in [2.75, 3.05) is 0 Å². The molecule has 0 saturated heterocycles. The molecule has 264 valence electrons. The predicted molar refractivity (Wildman–Crippen MR) is 231 cm³/mol. The molecule has 5 aromatic heterocycles. The smallest absolute Gasteiger partial charge is 0.227 e. The van der Waals surface area contributed by atoms with Crippen LogP contribution in [0.5, 0.6) is 0 Å². The standard InChI is InChI=1S/C51H28N4O2/c1-2-12-29(13-3-1)51-53-41-28-39-38-27-31(24-25-43(38)55-42-22-8-5-18-36(42)45(47(39)55)49(41)57-51)30-14-10-15-32(26-30)50-52-40-21-7-4-17-35(40)46(54-50)37-20-11-19-34-33-16-6-9-23-44(33)56-48(34)37/h1-28H. The van der Waals surface area contributed by atoms with Crippen molar-refractivity contribution in [3.05, 3.63) is 170 Å². The summed E-state index contributed by atoms with van der Waals surface area (Å²) in [6, 6.07) is 58.9. The first-order valence-corrected chi connectivity index (χ1v) is 19.1. The minimum absolute atomic E-state index is 0.626. The second-order valence-corrected chi connectivity index (χ2v) is 14.7. The second kappa shape index (κ2) is 11.4. The van der Waals surface area contributed by atoms with Gasteiger partial charge in [-0.3, -0.25) is 0 Å². The number of furan rings is 1. The summed E-state index contributed by atoms with van der Waals surface area (Å²) in [6.45, 7) is 0. The molecule has 0 N–H and O–H groups in total. The van der Waals surface area contributed by atoms with Crippen molar-refractivity contribution in [1.29, 1.82) is 0 Å². The van der Waals surface area contributed by atoms with Crippen LogP contribution in [0.25, 0.3) is 127 Å². The number of fused-ring (bicyclic) bond motifs is 12. The van der Waals surface area contributed by atoms with Gasteiger partial charge in [0.25, 0.3) is 0 Å². The molecule has 0 aliphatic carbocycles. The highest BCUT2D eigenvalue weighted by molar-refractivity contribution is 6.30. The Hall–Kier alpha value is -7.83. The lowest BCUT2D eigenvalue weighted by Crippen LogP contribution is -1.95. The van der Waals surface area contributed by atoms with Crippen molar-refractivity contribution in [3.8, 4) is 45.2 Å². The molecule has 0 bridgehead atoms. The average Bonchev–Trinajstić information content (AvgIpc) is 4.04. The lowest BCUT2D eigenvalue weighted by atomic mass is 9.99. The van der Waals surface area contributed by atoms with E-state index < -0.39 is 0 Å². The predicted octanol–water partition coefficient (Wildman–Crippen LogP) is 13.5. The lowest BCUT2D eigenvalue weighted by Gasteiger charge is -2.11. The van der Waals surface area contributed by atoms with Gasteiger partial charge in [-0.25, -0.2) is 15.0 Å². The van der Waals surface area contributed by atoms with Gasteiger partial charge in [0.15, 0.2) is 11.4 Å². The summed E-state index contributed by atoms with van der Waals surface area (Å²) in [5.74, 6) is 1.29. The number of nitrogens with zero attached hydrogens (tertiary/aromatic N) is 4. The Kier molecular flexibility index (Phi) is 6.07. The minimum Gasteiger partial charge on any atom is -0.455 e. The van der Waals surface area contributed by atoms with Gasteiger partial charge < -0.3 is 13.2 Å². The summed E-state index contributed by atoms with van der Waals surface area (Å²) < 4.78 is 15.4. The lowest BCUT2D eigenvalue weighted by molar-refractivity contribution is 0.623. The Morgan fingerprint density at radius 1 is 0.404 bits per heavy atom. The molecule has 13 aromatic rings. The zero-order chi connectivity index (χ0) is 37.2. The largest absolute Gasteiger partial charge is 0.455 e. The maximum atomic E-state index is 6.58. The van der Waals surface area contributed by atoms with E-state index in [1.165, 1.54) is 0 Å². The van der Waals surface area contributed by atoms with Gasteiger partial charge in [0.05, 0.1) is 33.1 Å². The third-order valence-electron chi connectivity index (χ3n) is 11.6. The maximum absolute atomic E-state index is 6.58. The van der Waals surface area contributed by atoms with Crippen LogP contribution < -0.4 is 0 Å². The van der Waals surface area contributed by atoms with Crippen LogP contribution in [0.4, 0.5) is 0 Å². The number of hydrogen-bond acceptors (Lipinski definition) is 5. The molecule has 5 heterocycles. The first kappa shape index (κ1) is 30.5. The van der Waals surface area contributed by atoms with Crippen LogP contribution in [0.15, 0.2) is 179 Å². The molecule has 0 amide bonds. The van der Waals surface area contributed by atoms with E-state index >= 15 is 0 Å². The van der Waals surface area contributed by atoms with Crippen LogP contribution in [-0.2, 0) is 0 Å². The fourth-order valence-corrected chi connectivity index (χ4v) is 9.01. The van der Waals surface area contributed by atoms with Crippen molar-refractivity contribution in [2.24, 2.45) is 0 Å². The van der Waals surface area contributed by atoms with Crippen LogP contribution in [0.1, 0.15) is 0 Å². The Balaban J connectivity index is 0.992. The number of aromatic nitrogens is 4. The van der Waals surface area contributed by atoms with E-state index in [0.29, 0.717) is 11.7 Å². The van der Waals surface area contributed by atoms with E-state index in [4.69, 9.17) is 23.8 Å². The molecule has 0 unspecified atom stereocenters. The number of benzene rings is 8. The summed E-state index contributed by atoms with van der Waals surface area (Å²) in [7, 11) is 0. The third-order valence-corrected chi connectivity index (χ3v) is 11.6. The minimum atomic E-state index is 0.626. The number of oxazole rings is 1. The van der Waals surface area contributed by atoms with Crippen molar-refractivity contribution in [3.63, 3.8) is 0 Å². The van der Waals surface area contributed by atoms with E-state index in [1.807, 2.05) is 60.7 Å². The van der Waals surface area contributed by atoms with Crippen LogP contribution in [0.3, 0.4) is 0 Å². The fourth-order valence-electron chi connectivity index (χ4n) is 9.01. The number of hydrogen-bond donors (Lipinski definition) is 0. The SMILES string of the molecule is c1ccc(-c2nc3cc4c5cc(-c6cccc(-c7nc(-c8cccc9c8oc8ccccc89)c8ccccc8n7)c6)ccc5n5c6ccccc6c(c3o2)c45)cc1. The van der Waals surface area contributed by atoms with Gasteiger partial charge >= 0.3 is 0 Å². The quantitative estimate of drug-likeness (QED) is 0.180. The molecular formula is C51H28N4O2. The molecule has 0 atom stereocenters. The zero-order valence-electron chi connectivity index (χ0n) is 30.3. The molecule has 0 fully saturated rings. The topological polar surface area (TPSA) is 69.4 Å². The van der Waals surface area contributed by atoms with Crippen LogP contribution >= 0.6 is 0 Å². The molecule has 13 rings (SSSR count). The van der Waals surface area contributed by atoms with Crippen LogP contribution in [0, 0.1) is 0 Å². The van der Waals surface area contributed by atoms with Gasteiger partial charge in [-0.15, -0.1) is 0 Å². The van der Waals surface area contributed by atoms with E-state index in [9.17, 15) is 0 Å².